The lowest BCUT2D eigenvalue weighted by molar-refractivity contribution is -0.136. The topological polar surface area (TPSA) is 118 Å². The molecule has 1 heterocycles. The van der Waals surface area contributed by atoms with Gasteiger partial charge in [-0.05, 0) is 0 Å². The minimum atomic E-state index is -0.803. The molecule has 1 aromatic heterocycles. The van der Waals surface area contributed by atoms with Crippen LogP contribution in [0.3, 0.4) is 0 Å². The van der Waals surface area contributed by atoms with Crippen LogP contribution < -0.4 is 18.9 Å². The third-order valence-electron chi connectivity index (χ3n) is 5.04. The second-order valence-corrected chi connectivity index (χ2v) is 7.93. The Morgan fingerprint density at radius 3 is 1.08 bits per heavy atom. The first-order valence-corrected chi connectivity index (χ1v) is 11.2. The van der Waals surface area contributed by atoms with E-state index in [-0.39, 0.29) is 33.8 Å². The zero-order valence-corrected chi connectivity index (χ0v) is 20.4. The number of ether oxygens (including phenoxy) is 4. The van der Waals surface area contributed by atoms with Gasteiger partial charge in [0.2, 0.25) is 11.5 Å². The first-order valence-electron chi connectivity index (χ1n) is 11.2. The molecule has 9 heteroatoms. The van der Waals surface area contributed by atoms with Gasteiger partial charge in [0, 0.05) is 38.8 Å². The van der Waals surface area contributed by atoms with E-state index in [9.17, 15) is 19.2 Å². The highest BCUT2D eigenvalue weighted by molar-refractivity contribution is 6.13. The third kappa shape index (κ3) is 5.20. The highest BCUT2D eigenvalue weighted by Crippen LogP contribution is 2.57. The van der Waals surface area contributed by atoms with E-state index in [2.05, 4.69) is 0 Å². The number of hydrogen-bond donors (Lipinski definition) is 0. The Labute approximate surface area is 211 Å². The van der Waals surface area contributed by atoms with Crippen molar-refractivity contribution in [3.05, 3.63) is 60.7 Å². The molecule has 0 unspecified atom stereocenters. The SMILES string of the molecule is CC(=O)Oc1c(OC(C)=O)c(OC(C)=O)c2c(-c3ccccc3)oc(-c3ccccc3)c2c1OC(C)=O. The molecule has 0 saturated heterocycles. The van der Waals surface area contributed by atoms with Crippen LogP contribution in [0.25, 0.3) is 33.4 Å². The quantitative estimate of drug-likeness (QED) is 0.250. The lowest BCUT2D eigenvalue weighted by atomic mass is 10.0. The number of hydrogen-bond acceptors (Lipinski definition) is 9. The van der Waals surface area contributed by atoms with E-state index >= 15 is 0 Å². The standard InChI is InChI=1S/C28H22O9/c1-15(29)33-25-21-22(26(34-16(2)30)28(36-18(4)32)27(25)35-17(3)31)24(20-13-9-6-10-14-20)37-23(21)19-11-7-5-8-12-19/h5-14H,1-4H3. The first-order chi connectivity index (χ1) is 17.7. The zero-order valence-electron chi connectivity index (χ0n) is 20.4. The Morgan fingerprint density at radius 1 is 0.486 bits per heavy atom. The van der Waals surface area contributed by atoms with Crippen molar-refractivity contribution in [3.8, 4) is 45.6 Å². The van der Waals surface area contributed by atoms with Crippen LogP contribution in [0.1, 0.15) is 27.7 Å². The van der Waals surface area contributed by atoms with Crippen molar-refractivity contribution in [2.24, 2.45) is 0 Å². The number of fused-ring (bicyclic) bond motifs is 1. The molecule has 4 rings (SSSR count). The van der Waals surface area contributed by atoms with E-state index in [0.717, 1.165) is 27.7 Å². The monoisotopic (exact) mass is 502 g/mol. The van der Waals surface area contributed by atoms with Gasteiger partial charge in [0.25, 0.3) is 0 Å². The molecule has 0 spiro atoms. The molecule has 0 saturated carbocycles. The predicted octanol–water partition coefficient (Wildman–Crippen LogP) is 5.47. The van der Waals surface area contributed by atoms with Gasteiger partial charge in [-0.1, -0.05) is 60.7 Å². The summed E-state index contributed by atoms with van der Waals surface area (Å²) in [6.45, 7) is 4.56. The maximum Gasteiger partial charge on any atom is 0.308 e. The summed E-state index contributed by atoms with van der Waals surface area (Å²) in [6, 6.07) is 17.8. The van der Waals surface area contributed by atoms with E-state index in [1.54, 1.807) is 48.5 Å². The van der Waals surface area contributed by atoms with Crippen molar-refractivity contribution in [2.45, 2.75) is 27.7 Å². The summed E-state index contributed by atoms with van der Waals surface area (Å²) >= 11 is 0. The average Bonchev–Trinajstić information content (AvgIpc) is 3.24. The summed E-state index contributed by atoms with van der Waals surface area (Å²) in [6.07, 6.45) is 0. The fourth-order valence-corrected chi connectivity index (χ4v) is 3.84. The average molecular weight is 502 g/mol. The number of carbonyl (C=O) groups excluding carboxylic acids is 4. The van der Waals surface area contributed by atoms with Crippen LogP contribution in [0, 0.1) is 0 Å². The lowest BCUT2D eigenvalue weighted by Crippen LogP contribution is -2.13. The Balaban J connectivity index is 2.30. The van der Waals surface area contributed by atoms with Crippen LogP contribution in [-0.4, -0.2) is 23.9 Å². The van der Waals surface area contributed by atoms with Gasteiger partial charge in [-0.2, -0.15) is 0 Å². The predicted molar refractivity (Wildman–Crippen MR) is 132 cm³/mol. The van der Waals surface area contributed by atoms with Crippen molar-refractivity contribution >= 4 is 34.6 Å². The summed E-state index contributed by atoms with van der Waals surface area (Å²) < 4.78 is 28.2. The summed E-state index contributed by atoms with van der Waals surface area (Å²) in [5, 5.41) is 0.340. The van der Waals surface area contributed by atoms with E-state index in [0.29, 0.717) is 11.1 Å². The second-order valence-electron chi connectivity index (χ2n) is 7.93. The van der Waals surface area contributed by atoms with E-state index < -0.39 is 35.4 Å². The molecule has 0 aliphatic heterocycles. The molecule has 0 atom stereocenters. The molecule has 0 amide bonds. The normalized spacial score (nSPS) is 10.6. The minimum Gasteiger partial charge on any atom is -0.454 e. The Bertz CT molecular complexity index is 1400. The van der Waals surface area contributed by atoms with Crippen LogP contribution in [-0.2, 0) is 19.2 Å². The van der Waals surface area contributed by atoms with Crippen LogP contribution in [0.2, 0.25) is 0 Å². The summed E-state index contributed by atoms with van der Waals surface area (Å²) in [5.74, 6) is -3.94. The number of benzene rings is 3. The van der Waals surface area contributed by atoms with E-state index in [1.807, 2.05) is 12.1 Å². The maximum absolute atomic E-state index is 12.2. The lowest BCUT2D eigenvalue weighted by Gasteiger charge is -2.18. The number of carbonyl (C=O) groups is 4. The largest absolute Gasteiger partial charge is 0.454 e. The third-order valence-corrected chi connectivity index (χ3v) is 5.04. The molecule has 9 nitrogen and oxygen atoms in total. The fourth-order valence-electron chi connectivity index (χ4n) is 3.84. The molecule has 0 N–H and O–H groups in total. The summed E-state index contributed by atoms with van der Waals surface area (Å²) in [4.78, 5) is 48.7. The summed E-state index contributed by atoms with van der Waals surface area (Å²) in [5.41, 5.74) is 1.18. The van der Waals surface area contributed by atoms with Crippen LogP contribution in [0.5, 0.6) is 23.0 Å². The number of furan rings is 1. The van der Waals surface area contributed by atoms with E-state index in [1.165, 1.54) is 0 Å². The molecular weight excluding hydrogens is 480 g/mol. The molecular formula is C28H22O9. The van der Waals surface area contributed by atoms with Gasteiger partial charge >= 0.3 is 23.9 Å². The molecule has 0 fully saturated rings. The number of rotatable bonds is 6. The zero-order chi connectivity index (χ0) is 26.7. The highest BCUT2D eigenvalue weighted by atomic mass is 16.6. The van der Waals surface area contributed by atoms with Gasteiger partial charge in [0.15, 0.2) is 11.5 Å². The Kier molecular flexibility index (Phi) is 7.06. The maximum atomic E-state index is 12.2. The molecule has 0 aliphatic rings. The van der Waals surface area contributed by atoms with Crippen molar-refractivity contribution in [1.29, 1.82) is 0 Å². The molecule has 188 valence electrons. The number of esters is 4. The fraction of sp³-hybridized carbons (Fsp3) is 0.143. The van der Waals surface area contributed by atoms with E-state index in [4.69, 9.17) is 23.4 Å². The van der Waals surface area contributed by atoms with Crippen LogP contribution in [0.15, 0.2) is 65.1 Å². The molecule has 0 radical (unpaired) electrons. The Morgan fingerprint density at radius 2 is 0.784 bits per heavy atom. The molecule has 0 bridgehead atoms. The summed E-state index contributed by atoms with van der Waals surface area (Å²) in [7, 11) is 0. The molecule has 4 aromatic rings. The second kappa shape index (κ2) is 10.4. The molecule has 37 heavy (non-hydrogen) atoms. The van der Waals surface area contributed by atoms with Crippen molar-refractivity contribution < 1.29 is 42.5 Å². The molecule has 3 aromatic carbocycles. The minimum absolute atomic E-state index is 0.170. The van der Waals surface area contributed by atoms with Gasteiger partial charge in [-0.3, -0.25) is 19.2 Å². The van der Waals surface area contributed by atoms with Crippen molar-refractivity contribution in [2.75, 3.05) is 0 Å². The Hall–Kier alpha value is -4.92. The van der Waals surface area contributed by atoms with Crippen LogP contribution >= 0.6 is 0 Å². The van der Waals surface area contributed by atoms with Crippen molar-refractivity contribution in [3.63, 3.8) is 0 Å². The van der Waals surface area contributed by atoms with Gasteiger partial charge in [0.05, 0.1) is 10.8 Å². The van der Waals surface area contributed by atoms with Crippen LogP contribution in [0.4, 0.5) is 0 Å². The highest BCUT2D eigenvalue weighted by Gasteiger charge is 2.35. The van der Waals surface area contributed by atoms with Crippen molar-refractivity contribution in [1.82, 2.24) is 0 Å². The van der Waals surface area contributed by atoms with Gasteiger partial charge in [0.1, 0.15) is 11.5 Å². The van der Waals surface area contributed by atoms with Gasteiger partial charge in [-0.25, -0.2) is 0 Å². The van der Waals surface area contributed by atoms with Gasteiger partial charge in [-0.15, -0.1) is 0 Å². The molecule has 0 aliphatic carbocycles. The van der Waals surface area contributed by atoms with Gasteiger partial charge < -0.3 is 23.4 Å². The smallest absolute Gasteiger partial charge is 0.308 e. The first kappa shape index (κ1) is 25.2.